The minimum atomic E-state index is -3.37. The average molecular weight is 394 g/mol. The van der Waals surface area contributed by atoms with Crippen molar-refractivity contribution in [3.8, 4) is 28.5 Å². The second-order valence-electron chi connectivity index (χ2n) is 6.34. The van der Waals surface area contributed by atoms with Crippen molar-refractivity contribution in [2.75, 3.05) is 6.26 Å². The van der Waals surface area contributed by atoms with Crippen LogP contribution in [0.15, 0.2) is 53.4 Å². The fourth-order valence-corrected chi connectivity index (χ4v) is 3.54. The molecule has 0 saturated carbocycles. The van der Waals surface area contributed by atoms with Crippen LogP contribution in [0.25, 0.3) is 22.4 Å². The fourth-order valence-electron chi connectivity index (χ4n) is 2.91. The van der Waals surface area contributed by atoms with Gasteiger partial charge in [0.05, 0.1) is 22.6 Å². The van der Waals surface area contributed by atoms with Gasteiger partial charge in [0.15, 0.2) is 9.84 Å². The zero-order chi connectivity index (χ0) is 20.5. The third kappa shape index (κ3) is 3.66. The number of rotatable bonds is 5. The molecule has 7 nitrogen and oxygen atoms in total. The number of nitriles is 1. The second-order valence-corrected chi connectivity index (χ2v) is 8.35. The first-order valence-corrected chi connectivity index (χ1v) is 10.2. The zero-order valence-corrected chi connectivity index (χ0v) is 16.0. The van der Waals surface area contributed by atoms with Crippen LogP contribution in [0, 0.1) is 18.3 Å². The van der Waals surface area contributed by atoms with E-state index in [0.29, 0.717) is 22.4 Å². The van der Waals surface area contributed by atoms with Gasteiger partial charge in [-0.2, -0.15) is 10.4 Å². The van der Waals surface area contributed by atoms with Crippen LogP contribution in [0.4, 0.5) is 0 Å². The standard InChI is InChI=1S/C20H17N3O4S/c1-13-3-5-14(6-4-13)17-18(22-23(12-11-21)19(17)20(24)25)15-7-9-16(10-8-15)28(2,26)27/h3-10H,12H2,1-2H3,(H,24,25)/p-1. The number of hydrogen-bond donors (Lipinski definition) is 0. The molecule has 0 fully saturated rings. The predicted octanol–water partition coefficient (Wildman–Crippen LogP) is 1.82. The lowest BCUT2D eigenvalue weighted by atomic mass is 9.98. The molecule has 0 N–H and O–H groups in total. The molecule has 28 heavy (non-hydrogen) atoms. The molecule has 0 saturated heterocycles. The molecule has 3 aromatic rings. The first-order chi connectivity index (χ1) is 13.2. The molecule has 142 valence electrons. The Hall–Kier alpha value is -3.44. The summed E-state index contributed by atoms with van der Waals surface area (Å²) in [5.41, 5.74) is 2.59. The summed E-state index contributed by atoms with van der Waals surface area (Å²) in [4.78, 5) is 12.0. The van der Waals surface area contributed by atoms with Gasteiger partial charge in [0.2, 0.25) is 0 Å². The summed E-state index contributed by atoms with van der Waals surface area (Å²) in [5.74, 6) is -1.45. The molecular formula is C20H16N3O4S-. The van der Waals surface area contributed by atoms with E-state index in [1.807, 2.05) is 25.1 Å². The number of aromatic carboxylic acids is 1. The van der Waals surface area contributed by atoms with Crippen molar-refractivity contribution in [3.63, 3.8) is 0 Å². The maximum atomic E-state index is 11.8. The summed E-state index contributed by atoms with van der Waals surface area (Å²) in [5, 5.41) is 25.2. The van der Waals surface area contributed by atoms with Crippen LogP contribution in [0.2, 0.25) is 0 Å². The SMILES string of the molecule is Cc1ccc(-c2c(-c3ccc(S(C)(=O)=O)cc3)nn(CC#N)c2C(=O)[O-])cc1. The minimum Gasteiger partial charge on any atom is -0.543 e. The smallest absolute Gasteiger partial charge is 0.175 e. The summed E-state index contributed by atoms with van der Waals surface area (Å²) in [6, 6.07) is 15.1. The van der Waals surface area contributed by atoms with Gasteiger partial charge >= 0.3 is 0 Å². The highest BCUT2D eigenvalue weighted by Crippen LogP contribution is 2.35. The highest BCUT2D eigenvalue weighted by Gasteiger charge is 2.22. The molecule has 0 radical (unpaired) electrons. The Morgan fingerprint density at radius 1 is 1.11 bits per heavy atom. The van der Waals surface area contributed by atoms with Gasteiger partial charge in [-0.15, -0.1) is 0 Å². The number of benzene rings is 2. The number of aromatic nitrogens is 2. The van der Waals surface area contributed by atoms with Crippen molar-refractivity contribution in [2.24, 2.45) is 0 Å². The second kappa shape index (κ2) is 7.29. The van der Waals surface area contributed by atoms with E-state index in [4.69, 9.17) is 5.26 Å². The number of hydrogen-bond acceptors (Lipinski definition) is 6. The molecule has 0 unspecified atom stereocenters. The lowest BCUT2D eigenvalue weighted by molar-refractivity contribution is -0.255. The largest absolute Gasteiger partial charge is 0.543 e. The Morgan fingerprint density at radius 2 is 1.68 bits per heavy atom. The monoisotopic (exact) mass is 394 g/mol. The van der Waals surface area contributed by atoms with Gasteiger partial charge in [0, 0.05) is 17.4 Å². The number of carbonyl (C=O) groups excluding carboxylic acids is 1. The highest BCUT2D eigenvalue weighted by molar-refractivity contribution is 7.90. The summed E-state index contributed by atoms with van der Waals surface area (Å²) in [6.45, 7) is 1.65. The lowest BCUT2D eigenvalue weighted by Crippen LogP contribution is -2.26. The molecule has 0 spiro atoms. The number of nitrogens with zero attached hydrogens (tertiary/aromatic N) is 3. The third-order valence-electron chi connectivity index (χ3n) is 4.26. The Labute approximate surface area is 162 Å². The molecule has 0 amide bonds. The molecule has 8 heteroatoms. The summed E-state index contributed by atoms with van der Waals surface area (Å²) >= 11 is 0. The van der Waals surface area contributed by atoms with E-state index in [1.54, 1.807) is 24.3 Å². The maximum Gasteiger partial charge on any atom is 0.175 e. The Balaban J connectivity index is 2.28. The molecule has 2 aromatic carbocycles. The average Bonchev–Trinajstić information content (AvgIpc) is 3.01. The maximum absolute atomic E-state index is 11.8. The molecule has 1 aromatic heterocycles. The van der Waals surface area contributed by atoms with Gasteiger partial charge in [-0.05, 0) is 24.6 Å². The number of sulfone groups is 1. The minimum absolute atomic E-state index is 0.143. The molecule has 0 bridgehead atoms. The molecule has 0 aliphatic rings. The Morgan fingerprint density at radius 3 is 2.18 bits per heavy atom. The first-order valence-electron chi connectivity index (χ1n) is 8.29. The summed E-state index contributed by atoms with van der Waals surface area (Å²) in [7, 11) is -3.37. The highest BCUT2D eigenvalue weighted by atomic mass is 32.2. The molecule has 1 heterocycles. The van der Waals surface area contributed by atoms with Crippen molar-refractivity contribution in [1.29, 1.82) is 5.26 Å². The van der Waals surface area contributed by atoms with E-state index in [-0.39, 0.29) is 17.1 Å². The van der Waals surface area contributed by atoms with Crippen molar-refractivity contribution < 1.29 is 18.3 Å². The Bertz CT molecular complexity index is 1190. The van der Waals surface area contributed by atoms with Crippen molar-refractivity contribution >= 4 is 15.8 Å². The van der Waals surface area contributed by atoms with Gasteiger partial charge in [-0.1, -0.05) is 42.0 Å². The van der Waals surface area contributed by atoms with E-state index in [9.17, 15) is 18.3 Å². The molecule has 0 aliphatic heterocycles. The number of aryl methyl sites for hydroxylation is 1. The van der Waals surface area contributed by atoms with Gasteiger partial charge in [-0.3, -0.25) is 0 Å². The van der Waals surface area contributed by atoms with Crippen LogP contribution in [0.3, 0.4) is 0 Å². The van der Waals surface area contributed by atoms with Crippen molar-refractivity contribution in [3.05, 3.63) is 59.8 Å². The summed E-state index contributed by atoms with van der Waals surface area (Å²) < 4.78 is 24.5. The lowest BCUT2D eigenvalue weighted by Gasteiger charge is -2.09. The van der Waals surface area contributed by atoms with E-state index in [2.05, 4.69) is 5.10 Å². The normalized spacial score (nSPS) is 11.2. The predicted molar refractivity (Wildman–Crippen MR) is 101 cm³/mol. The third-order valence-corrected chi connectivity index (χ3v) is 5.39. The molecular weight excluding hydrogens is 378 g/mol. The molecule has 0 aliphatic carbocycles. The van der Waals surface area contributed by atoms with Crippen LogP contribution in [0.1, 0.15) is 16.1 Å². The van der Waals surface area contributed by atoms with Crippen LogP contribution in [-0.4, -0.2) is 30.4 Å². The van der Waals surface area contributed by atoms with E-state index in [1.165, 1.54) is 12.1 Å². The van der Waals surface area contributed by atoms with Gasteiger partial charge in [0.25, 0.3) is 0 Å². The van der Waals surface area contributed by atoms with Crippen LogP contribution >= 0.6 is 0 Å². The Kier molecular flexibility index (Phi) is 5.03. The molecule has 0 atom stereocenters. The number of carboxylic acid groups (broad SMARTS) is 1. The fraction of sp³-hybridized carbons (Fsp3) is 0.150. The van der Waals surface area contributed by atoms with Gasteiger partial charge in [0.1, 0.15) is 12.2 Å². The van der Waals surface area contributed by atoms with Gasteiger partial charge < -0.3 is 9.90 Å². The number of carbonyl (C=O) groups is 1. The first kappa shape index (κ1) is 19.3. The van der Waals surface area contributed by atoms with E-state index >= 15 is 0 Å². The topological polar surface area (TPSA) is 116 Å². The molecule has 3 rings (SSSR count). The van der Waals surface area contributed by atoms with Crippen LogP contribution < -0.4 is 5.11 Å². The zero-order valence-electron chi connectivity index (χ0n) is 15.2. The van der Waals surface area contributed by atoms with Gasteiger partial charge in [-0.25, -0.2) is 13.1 Å². The quantitative estimate of drug-likeness (QED) is 0.652. The van der Waals surface area contributed by atoms with Crippen molar-refractivity contribution in [1.82, 2.24) is 9.78 Å². The van der Waals surface area contributed by atoms with Crippen LogP contribution in [-0.2, 0) is 16.4 Å². The summed E-state index contributed by atoms with van der Waals surface area (Å²) in [6.07, 6.45) is 1.11. The number of carboxylic acids is 1. The van der Waals surface area contributed by atoms with E-state index in [0.717, 1.165) is 16.5 Å². The van der Waals surface area contributed by atoms with Crippen molar-refractivity contribution in [2.45, 2.75) is 18.4 Å². The van der Waals surface area contributed by atoms with E-state index < -0.39 is 15.8 Å². The van der Waals surface area contributed by atoms with Crippen LogP contribution in [0.5, 0.6) is 0 Å².